The Kier molecular flexibility index (Phi) is 8.47. The number of benzene rings is 1. The lowest BCUT2D eigenvalue weighted by molar-refractivity contribution is 0.00578. The van der Waals surface area contributed by atoms with Crippen molar-refractivity contribution < 1.29 is 32.8 Å². The molecule has 2 N–H and O–H groups in total. The molecule has 0 spiro atoms. The number of carbonyl (C=O) groups excluding carboxylic acids is 2. The topological polar surface area (TPSA) is 108 Å². The zero-order valence-electron chi connectivity index (χ0n) is 24.3. The van der Waals surface area contributed by atoms with Gasteiger partial charge in [0.2, 0.25) is 5.88 Å². The van der Waals surface area contributed by atoms with Crippen LogP contribution in [0.2, 0.25) is 0 Å². The van der Waals surface area contributed by atoms with Gasteiger partial charge in [0.1, 0.15) is 22.7 Å². The summed E-state index contributed by atoms with van der Waals surface area (Å²) in [5.41, 5.74) is -0.815. The fourth-order valence-corrected chi connectivity index (χ4v) is 4.61. The molecule has 1 aliphatic carbocycles. The van der Waals surface area contributed by atoms with Crippen molar-refractivity contribution in [3.8, 4) is 11.6 Å². The van der Waals surface area contributed by atoms with Crippen LogP contribution in [0.1, 0.15) is 84.5 Å². The molecule has 0 bridgehead atoms. The molecule has 11 heteroatoms. The Balaban J connectivity index is 1.39. The van der Waals surface area contributed by atoms with E-state index in [1.165, 1.54) is 0 Å². The minimum Gasteiger partial charge on any atom is -0.444 e. The van der Waals surface area contributed by atoms with Crippen LogP contribution in [-0.2, 0) is 14.0 Å². The number of ether oxygens (including phenoxy) is 2. The van der Waals surface area contributed by atoms with E-state index >= 15 is 0 Å². The fourth-order valence-electron chi connectivity index (χ4n) is 4.61. The number of aromatic nitrogens is 1. The zero-order chi connectivity index (χ0) is 29.3. The molecule has 1 aromatic heterocycles. The third kappa shape index (κ3) is 7.31. The van der Waals surface area contributed by atoms with Gasteiger partial charge in [-0.1, -0.05) is 12.1 Å². The first-order chi connectivity index (χ1) is 18.6. The zero-order valence-corrected chi connectivity index (χ0v) is 24.3. The number of pyridine rings is 1. The molecule has 2 aromatic rings. The summed E-state index contributed by atoms with van der Waals surface area (Å²) in [6.45, 7) is 13.4. The third-order valence-corrected chi connectivity index (χ3v) is 7.44. The van der Waals surface area contributed by atoms with Crippen LogP contribution >= 0.6 is 0 Å². The van der Waals surface area contributed by atoms with Crippen molar-refractivity contribution in [2.24, 2.45) is 0 Å². The molecular weight excluding hydrogens is 516 g/mol. The summed E-state index contributed by atoms with van der Waals surface area (Å²) in [6.07, 6.45) is 3.23. The standard InChI is InChI=1S/C29H39BFN3O6/c1-27(2,3)38-26(36)34-21-13-11-20(12-14-21)33-24(35)23-16-19(31)17-32-25(23)37-22-10-8-9-18(15-22)30-39-28(4,5)29(6,7)40-30/h8-10,15-17,20-21H,11-14H2,1-7H3,(H,33,35)(H,34,36). The monoisotopic (exact) mass is 555 g/mol. The predicted octanol–water partition coefficient (Wildman–Crippen LogP) is 4.88. The highest BCUT2D eigenvalue weighted by Gasteiger charge is 2.51. The van der Waals surface area contributed by atoms with Gasteiger partial charge in [0.05, 0.1) is 17.4 Å². The smallest absolute Gasteiger partial charge is 0.444 e. The highest BCUT2D eigenvalue weighted by Crippen LogP contribution is 2.37. The molecule has 2 fully saturated rings. The Bertz CT molecular complexity index is 1220. The summed E-state index contributed by atoms with van der Waals surface area (Å²) in [5.74, 6) is -0.722. The maximum atomic E-state index is 14.1. The van der Waals surface area contributed by atoms with E-state index in [9.17, 15) is 14.0 Å². The molecule has 1 aliphatic heterocycles. The van der Waals surface area contributed by atoms with E-state index in [1.807, 2.05) is 54.5 Å². The quantitative estimate of drug-likeness (QED) is 0.490. The number of nitrogens with one attached hydrogen (secondary N) is 2. The number of alkyl carbamates (subject to hydrolysis) is 1. The minimum absolute atomic E-state index is 0.00459. The van der Waals surface area contributed by atoms with Crippen LogP contribution in [-0.4, -0.2) is 53.0 Å². The Labute approximate surface area is 235 Å². The van der Waals surface area contributed by atoms with E-state index in [-0.39, 0.29) is 23.5 Å². The van der Waals surface area contributed by atoms with E-state index in [0.717, 1.165) is 17.7 Å². The molecule has 9 nitrogen and oxygen atoms in total. The lowest BCUT2D eigenvalue weighted by atomic mass is 9.79. The van der Waals surface area contributed by atoms with E-state index in [1.54, 1.807) is 18.2 Å². The maximum absolute atomic E-state index is 14.1. The normalized spacial score (nSPS) is 21.9. The second-order valence-electron chi connectivity index (χ2n) is 12.4. The Morgan fingerprint density at radius 3 is 2.20 bits per heavy atom. The van der Waals surface area contributed by atoms with E-state index in [4.69, 9.17) is 18.8 Å². The Morgan fingerprint density at radius 2 is 1.60 bits per heavy atom. The SMILES string of the molecule is CC(C)(C)OC(=O)NC1CCC(NC(=O)c2cc(F)cnc2Oc2cccc(B3OC(C)(C)C(C)(C)O3)c2)CC1. The van der Waals surface area contributed by atoms with Crippen LogP contribution in [0.3, 0.4) is 0 Å². The first-order valence-corrected chi connectivity index (χ1v) is 13.7. The van der Waals surface area contributed by atoms with Crippen molar-refractivity contribution in [1.82, 2.24) is 15.6 Å². The number of carbonyl (C=O) groups is 2. The Hall–Kier alpha value is -3.18. The molecule has 40 heavy (non-hydrogen) atoms. The van der Waals surface area contributed by atoms with E-state index < -0.39 is 41.7 Å². The van der Waals surface area contributed by atoms with Gasteiger partial charge >= 0.3 is 13.2 Å². The second-order valence-corrected chi connectivity index (χ2v) is 12.4. The number of amides is 2. The summed E-state index contributed by atoms with van der Waals surface area (Å²) in [7, 11) is -0.586. The molecule has 0 atom stereocenters. The van der Waals surface area contributed by atoms with Crippen LogP contribution in [0.15, 0.2) is 36.5 Å². The number of nitrogens with zero attached hydrogens (tertiary/aromatic N) is 1. The first kappa shape index (κ1) is 29.8. The third-order valence-electron chi connectivity index (χ3n) is 7.44. The van der Waals surface area contributed by atoms with Gasteiger partial charge in [-0.3, -0.25) is 4.79 Å². The predicted molar refractivity (Wildman–Crippen MR) is 149 cm³/mol. The molecule has 1 aromatic carbocycles. The van der Waals surface area contributed by atoms with Crippen LogP contribution in [0.25, 0.3) is 0 Å². The molecule has 0 unspecified atom stereocenters. The number of hydrogen-bond acceptors (Lipinski definition) is 7. The van der Waals surface area contributed by atoms with Crippen molar-refractivity contribution in [2.45, 2.75) is 103 Å². The van der Waals surface area contributed by atoms with Gasteiger partial charge in [0, 0.05) is 12.1 Å². The van der Waals surface area contributed by atoms with E-state index in [2.05, 4.69) is 15.6 Å². The molecule has 216 valence electrons. The first-order valence-electron chi connectivity index (χ1n) is 13.7. The van der Waals surface area contributed by atoms with Crippen molar-refractivity contribution >= 4 is 24.6 Å². The number of halogens is 1. The van der Waals surface area contributed by atoms with Crippen LogP contribution in [0.5, 0.6) is 11.6 Å². The average Bonchev–Trinajstić information content (AvgIpc) is 3.07. The van der Waals surface area contributed by atoms with Gasteiger partial charge in [0.15, 0.2) is 0 Å². The van der Waals surface area contributed by atoms with Crippen molar-refractivity contribution in [2.75, 3.05) is 0 Å². The largest absolute Gasteiger partial charge is 0.494 e. The molecule has 2 aliphatic rings. The highest BCUT2D eigenvalue weighted by atomic mass is 19.1. The van der Waals surface area contributed by atoms with Gasteiger partial charge in [0.25, 0.3) is 5.91 Å². The molecular formula is C29H39BFN3O6. The van der Waals surface area contributed by atoms with Gasteiger partial charge in [-0.2, -0.15) is 0 Å². The van der Waals surface area contributed by atoms with E-state index in [0.29, 0.717) is 31.4 Å². The molecule has 1 saturated heterocycles. The molecule has 4 rings (SSSR count). The summed E-state index contributed by atoms with van der Waals surface area (Å²) >= 11 is 0. The number of hydrogen-bond donors (Lipinski definition) is 2. The highest BCUT2D eigenvalue weighted by molar-refractivity contribution is 6.62. The van der Waals surface area contributed by atoms with Crippen LogP contribution in [0.4, 0.5) is 9.18 Å². The molecule has 1 saturated carbocycles. The van der Waals surface area contributed by atoms with Crippen LogP contribution in [0, 0.1) is 5.82 Å². The summed E-state index contributed by atoms with van der Waals surface area (Å²) in [5, 5.41) is 5.85. The van der Waals surface area contributed by atoms with Crippen molar-refractivity contribution in [3.05, 3.63) is 47.9 Å². The lowest BCUT2D eigenvalue weighted by Crippen LogP contribution is -2.45. The van der Waals surface area contributed by atoms with Crippen molar-refractivity contribution in [3.63, 3.8) is 0 Å². The van der Waals surface area contributed by atoms with Crippen molar-refractivity contribution in [1.29, 1.82) is 0 Å². The second kappa shape index (κ2) is 11.4. The minimum atomic E-state index is -0.645. The van der Waals surface area contributed by atoms with Gasteiger partial charge in [-0.05, 0) is 97.8 Å². The molecule has 0 radical (unpaired) electrons. The lowest BCUT2D eigenvalue weighted by Gasteiger charge is -2.32. The van der Waals surface area contributed by atoms with Crippen LogP contribution < -0.4 is 20.8 Å². The molecule has 2 amide bonds. The van der Waals surface area contributed by atoms with Gasteiger partial charge < -0.3 is 29.4 Å². The molecule has 2 heterocycles. The van der Waals surface area contributed by atoms with Gasteiger partial charge in [-0.25, -0.2) is 14.2 Å². The fraction of sp³-hybridized carbons (Fsp3) is 0.552. The number of rotatable bonds is 6. The summed E-state index contributed by atoms with van der Waals surface area (Å²) < 4.78 is 37.7. The average molecular weight is 555 g/mol. The summed E-state index contributed by atoms with van der Waals surface area (Å²) in [4.78, 5) is 29.3. The maximum Gasteiger partial charge on any atom is 0.494 e. The summed E-state index contributed by atoms with van der Waals surface area (Å²) in [6, 6.07) is 8.10. The Morgan fingerprint density at radius 1 is 1.00 bits per heavy atom. The van der Waals surface area contributed by atoms with Gasteiger partial charge in [-0.15, -0.1) is 0 Å².